The lowest BCUT2D eigenvalue weighted by molar-refractivity contribution is 0.00578. The van der Waals surface area contributed by atoms with E-state index < -0.39 is 36.6 Å². The molecule has 5 rings (SSSR count). The molecule has 0 unspecified atom stereocenters. The Hall–Kier alpha value is -2.73. The zero-order chi connectivity index (χ0) is 27.7. The third-order valence-corrected chi connectivity index (χ3v) is 8.72. The molecule has 0 amide bonds. The molecule has 0 atom stereocenters. The van der Waals surface area contributed by atoms with Crippen molar-refractivity contribution in [2.75, 3.05) is 0 Å². The third kappa shape index (κ3) is 4.16. The van der Waals surface area contributed by atoms with E-state index in [4.69, 9.17) is 18.6 Å². The van der Waals surface area contributed by atoms with Gasteiger partial charge < -0.3 is 18.6 Å². The number of fused-ring (bicyclic) bond motifs is 2. The molecule has 4 nitrogen and oxygen atoms in total. The van der Waals surface area contributed by atoms with Crippen LogP contribution in [0.2, 0.25) is 0 Å². The normalized spacial score (nSPS) is 20.8. The van der Waals surface area contributed by atoms with Gasteiger partial charge in [-0.15, -0.1) is 11.8 Å². The van der Waals surface area contributed by atoms with Gasteiger partial charge in [-0.25, -0.2) is 0 Å². The van der Waals surface area contributed by atoms with Crippen molar-refractivity contribution in [2.45, 2.75) is 91.6 Å². The molecule has 0 bridgehead atoms. The molecule has 0 spiro atoms. The van der Waals surface area contributed by atoms with Crippen LogP contribution < -0.4 is 10.9 Å². The van der Waals surface area contributed by atoms with Crippen LogP contribution in [0.3, 0.4) is 0 Å². The van der Waals surface area contributed by atoms with Crippen LogP contribution in [0.5, 0.6) is 0 Å². The summed E-state index contributed by atoms with van der Waals surface area (Å²) in [5.74, 6) is 13.0. The topological polar surface area (TPSA) is 36.9 Å². The summed E-state index contributed by atoms with van der Waals surface area (Å²) in [4.78, 5) is 0. The largest absolute Gasteiger partial charge is 0.494 e. The Morgan fingerprint density at radius 2 is 0.816 bits per heavy atom. The van der Waals surface area contributed by atoms with Gasteiger partial charge in [0.2, 0.25) is 0 Å². The van der Waals surface area contributed by atoms with Gasteiger partial charge in [-0.1, -0.05) is 48.2 Å². The molecular weight excluding hydrogens is 470 g/mol. The first-order valence-corrected chi connectivity index (χ1v) is 13.3. The molecule has 0 saturated carbocycles. The Labute approximate surface area is 228 Å². The Morgan fingerprint density at radius 3 is 1.11 bits per heavy atom. The fourth-order valence-corrected chi connectivity index (χ4v) is 5.03. The number of hydrogen-bond acceptors (Lipinski definition) is 4. The molecule has 2 heterocycles. The first-order chi connectivity index (χ1) is 17.7. The highest BCUT2D eigenvalue weighted by Gasteiger charge is 2.52. The van der Waals surface area contributed by atoms with Crippen LogP contribution in [0.25, 0.3) is 21.5 Å². The molecular formula is C32H36B2O4. The summed E-state index contributed by atoms with van der Waals surface area (Å²) in [5.41, 5.74) is 2.24. The van der Waals surface area contributed by atoms with Gasteiger partial charge in [-0.05, 0) is 102 Å². The molecule has 3 aromatic rings. The van der Waals surface area contributed by atoms with E-state index in [9.17, 15) is 0 Å². The second-order valence-electron chi connectivity index (χ2n) is 12.3. The minimum absolute atomic E-state index is 0.412. The fourth-order valence-electron chi connectivity index (χ4n) is 5.03. The molecule has 6 heteroatoms. The number of benzene rings is 3. The van der Waals surface area contributed by atoms with Crippen molar-refractivity contribution in [2.24, 2.45) is 0 Å². The van der Waals surface area contributed by atoms with Crippen LogP contribution >= 0.6 is 0 Å². The van der Waals surface area contributed by atoms with E-state index in [-0.39, 0.29) is 0 Å². The highest BCUT2D eigenvalue weighted by atomic mass is 16.7. The smallest absolute Gasteiger partial charge is 0.399 e. The first kappa shape index (κ1) is 26.9. The van der Waals surface area contributed by atoms with Crippen molar-refractivity contribution in [3.8, 4) is 23.7 Å². The summed E-state index contributed by atoms with van der Waals surface area (Å²) < 4.78 is 25.4. The minimum atomic E-state index is -0.450. The lowest BCUT2D eigenvalue weighted by Crippen LogP contribution is -2.41. The molecule has 2 aliphatic rings. The van der Waals surface area contributed by atoms with Crippen LogP contribution in [0.1, 0.15) is 80.4 Å². The highest BCUT2D eigenvalue weighted by Crippen LogP contribution is 2.39. The summed E-state index contributed by atoms with van der Waals surface area (Å²) >= 11 is 0. The summed E-state index contributed by atoms with van der Waals surface area (Å²) in [7, 11) is -0.900. The van der Waals surface area contributed by atoms with Gasteiger partial charge in [0.1, 0.15) is 0 Å². The van der Waals surface area contributed by atoms with Crippen molar-refractivity contribution >= 4 is 46.7 Å². The number of hydrogen-bond donors (Lipinski definition) is 0. The van der Waals surface area contributed by atoms with E-state index in [1.54, 1.807) is 0 Å². The number of rotatable bonds is 2. The second kappa shape index (κ2) is 8.90. The standard InChI is InChI=1S/C32H36B2O4/c1-11-13-23-25-17-15-22(34-37-31(7,8)32(9,10)38-34)20-28(25)24(14-12-2)26-18-16-21(19-27(23)26)33-35-29(3,4)30(5,6)36-33/h15-20H,1-10H3. The summed E-state index contributed by atoms with van der Waals surface area (Å²) in [5, 5.41) is 4.19. The van der Waals surface area contributed by atoms with E-state index in [1.165, 1.54) is 0 Å². The molecule has 2 saturated heterocycles. The third-order valence-electron chi connectivity index (χ3n) is 8.72. The van der Waals surface area contributed by atoms with Crippen LogP contribution in [-0.4, -0.2) is 36.6 Å². The molecule has 0 aromatic heterocycles. The molecule has 0 radical (unpaired) electrons. The maximum atomic E-state index is 6.36. The maximum Gasteiger partial charge on any atom is 0.494 e. The Bertz CT molecular complexity index is 1430. The second-order valence-corrected chi connectivity index (χ2v) is 12.3. The predicted octanol–water partition coefficient (Wildman–Crippen LogP) is 5.33. The minimum Gasteiger partial charge on any atom is -0.399 e. The van der Waals surface area contributed by atoms with E-state index in [0.717, 1.165) is 43.6 Å². The van der Waals surface area contributed by atoms with Gasteiger partial charge in [0.25, 0.3) is 0 Å². The van der Waals surface area contributed by atoms with Crippen molar-refractivity contribution in [3.63, 3.8) is 0 Å². The van der Waals surface area contributed by atoms with Crippen molar-refractivity contribution in [1.29, 1.82) is 0 Å². The zero-order valence-electron chi connectivity index (χ0n) is 24.3. The van der Waals surface area contributed by atoms with Gasteiger partial charge in [-0.2, -0.15) is 0 Å². The van der Waals surface area contributed by atoms with Gasteiger partial charge in [0.05, 0.1) is 22.4 Å². The molecule has 2 aliphatic heterocycles. The predicted molar refractivity (Wildman–Crippen MR) is 158 cm³/mol. The molecule has 38 heavy (non-hydrogen) atoms. The van der Waals surface area contributed by atoms with E-state index in [1.807, 2.05) is 13.8 Å². The van der Waals surface area contributed by atoms with Crippen molar-refractivity contribution < 1.29 is 18.6 Å². The molecule has 2 fully saturated rings. The lowest BCUT2D eigenvalue weighted by atomic mass is 9.75. The molecule has 3 aromatic carbocycles. The quantitative estimate of drug-likeness (QED) is 0.268. The van der Waals surface area contributed by atoms with E-state index >= 15 is 0 Å². The maximum absolute atomic E-state index is 6.36. The van der Waals surface area contributed by atoms with Gasteiger partial charge in [0, 0.05) is 11.1 Å². The Kier molecular flexibility index (Phi) is 6.29. The summed E-state index contributed by atoms with van der Waals surface area (Å²) in [6.45, 7) is 20.3. The van der Waals surface area contributed by atoms with Crippen LogP contribution in [0, 0.1) is 23.7 Å². The summed E-state index contributed by atoms with van der Waals surface area (Å²) in [6.07, 6.45) is 0. The lowest BCUT2D eigenvalue weighted by Gasteiger charge is -2.32. The molecule has 194 valence electrons. The van der Waals surface area contributed by atoms with Crippen molar-refractivity contribution in [1.82, 2.24) is 0 Å². The van der Waals surface area contributed by atoms with E-state index in [2.05, 4.69) is 115 Å². The van der Waals surface area contributed by atoms with E-state index in [0.29, 0.717) is 0 Å². The molecule has 0 N–H and O–H groups in total. The SMILES string of the molecule is CC#Cc1c2ccc(B3OC(C)(C)C(C)(C)O3)cc2c(C#CC)c2ccc(B3OC(C)(C)C(C)(C)O3)cc12. The van der Waals surface area contributed by atoms with Gasteiger partial charge in [0.15, 0.2) is 0 Å². The summed E-state index contributed by atoms with van der Waals surface area (Å²) in [6, 6.07) is 12.7. The fraction of sp³-hybridized carbons (Fsp3) is 0.438. The Morgan fingerprint density at radius 1 is 0.500 bits per heavy atom. The average molecular weight is 506 g/mol. The van der Waals surface area contributed by atoms with Crippen LogP contribution in [0.15, 0.2) is 36.4 Å². The van der Waals surface area contributed by atoms with Crippen LogP contribution in [-0.2, 0) is 18.6 Å². The van der Waals surface area contributed by atoms with Crippen molar-refractivity contribution in [3.05, 3.63) is 47.5 Å². The van der Waals surface area contributed by atoms with Gasteiger partial charge >= 0.3 is 14.2 Å². The zero-order valence-corrected chi connectivity index (χ0v) is 24.3. The average Bonchev–Trinajstić information content (AvgIpc) is 3.20. The molecule has 0 aliphatic carbocycles. The van der Waals surface area contributed by atoms with Gasteiger partial charge in [-0.3, -0.25) is 0 Å². The monoisotopic (exact) mass is 506 g/mol. The first-order valence-electron chi connectivity index (χ1n) is 13.3. The Balaban J connectivity index is 1.71. The highest BCUT2D eigenvalue weighted by molar-refractivity contribution is 6.63. The van der Waals surface area contributed by atoms with Crippen LogP contribution in [0.4, 0.5) is 0 Å².